The highest BCUT2D eigenvalue weighted by Crippen LogP contribution is 2.27. The minimum atomic E-state index is -1.64. The van der Waals surface area contributed by atoms with E-state index in [2.05, 4.69) is 10.5 Å². The molecule has 1 unspecified atom stereocenters. The van der Waals surface area contributed by atoms with Crippen LogP contribution in [0.15, 0.2) is 94.4 Å². The predicted molar refractivity (Wildman–Crippen MR) is 171 cm³/mol. The number of anilines is 2. The zero-order valence-electron chi connectivity index (χ0n) is 25.4. The van der Waals surface area contributed by atoms with Gasteiger partial charge in [0.05, 0.1) is 28.8 Å². The Kier molecular flexibility index (Phi) is 8.64. The number of rotatable bonds is 9. The van der Waals surface area contributed by atoms with Crippen molar-refractivity contribution in [2.45, 2.75) is 13.0 Å². The number of fused-ring (bicyclic) bond motifs is 1. The van der Waals surface area contributed by atoms with E-state index in [-0.39, 0.29) is 46.2 Å². The monoisotopic (exact) mass is 649 g/mol. The number of benzene rings is 3. The topological polar surface area (TPSA) is 193 Å². The van der Waals surface area contributed by atoms with Crippen LogP contribution in [-0.2, 0) is 23.9 Å². The number of hydrogen-bond acceptors (Lipinski definition) is 10. The van der Waals surface area contributed by atoms with Crippen LogP contribution < -0.4 is 21.5 Å². The molecule has 3 amide bonds. The number of amides is 3. The highest BCUT2D eigenvalue weighted by atomic mass is 16.5. The van der Waals surface area contributed by atoms with Crippen molar-refractivity contribution in [3.05, 3.63) is 118 Å². The van der Waals surface area contributed by atoms with Crippen LogP contribution in [0.25, 0.3) is 16.7 Å². The Labute approximate surface area is 271 Å². The number of hydrogen-bond donors (Lipinski definition) is 2. The number of ether oxygens (including phenoxy) is 2. The molecule has 5 aromatic rings. The zero-order chi connectivity index (χ0) is 33.9. The van der Waals surface area contributed by atoms with Gasteiger partial charge in [-0.15, -0.1) is 0 Å². The lowest BCUT2D eigenvalue weighted by molar-refractivity contribution is -0.152. The minimum Gasteiger partial charge on any atom is -0.447 e. The molecule has 1 aliphatic heterocycles. The predicted octanol–water partition coefficient (Wildman–Crippen LogP) is 2.91. The van der Waals surface area contributed by atoms with Gasteiger partial charge in [-0.1, -0.05) is 29.4 Å². The maximum Gasteiger partial charge on any atom is 0.303 e. The second-order valence-electron chi connectivity index (χ2n) is 10.7. The van der Waals surface area contributed by atoms with Crippen LogP contribution in [0.5, 0.6) is 0 Å². The number of morpholine rings is 1. The minimum absolute atomic E-state index is 0.0268. The number of pyridine rings is 1. The number of nitrogens with two attached hydrogens (primary N) is 1. The van der Waals surface area contributed by atoms with E-state index in [0.29, 0.717) is 29.9 Å². The van der Waals surface area contributed by atoms with Gasteiger partial charge in [0.25, 0.3) is 17.4 Å². The molecule has 242 valence electrons. The van der Waals surface area contributed by atoms with Gasteiger partial charge in [0.2, 0.25) is 17.8 Å². The van der Waals surface area contributed by atoms with E-state index in [1.807, 2.05) is 0 Å². The summed E-state index contributed by atoms with van der Waals surface area (Å²) in [6.07, 6.45) is -0.146. The summed E-state index contributed by atoms with van der Waals surface area (Å²) in [6, 6.07) is 20.1. The fourth-order valence-electron chi connectivity index (χ4n) is 5.35. The zero-order valence-corrected chi connectivity index (χ0v) is 25.4. The molecule has 0 bridgehead atoms. The van der Waals surface area contributed by atoms with E-state index in [9.17, 15) is 28.8 Å². The van der Waals surface area contributed by atoms with Gasteiger partial charge in [-0.05, 0) is 48.5 Å². The molecule has 3 aromatic carbocycles. The van der Waals surface area contributed by atoms with Crippen molar-refractivity contribution in [3.8, 4) is 5.69 Å². The molecule has 3 N–H and O–H groups in total. The average molecular weight is 650 g/mol. The van der Waals surface area contributed by atoms with Gasteiger partial charge < -0.3 is 29.9 Å². The summed E-state index contributed by atoms with van der Waals surface area (Å²) in [6.45, 7) is 1.79. The number of esters is 1. The lowest BCUT2D eigenvalue weighted by atomic mass is 9.99. The van der Waals surface area contributed by atoms with Crippen molar-refractivity contribution in [1.82, 2.24) is 9.72 Å². The smallest absolute Gasteiger partial charge is 0.303 e. The van der Waals surface area contributed by atoms with Crippen molar-refractivity contribution >= 4 is 51.8 Å². The van der Waals surface area contributed by atoms with Gasteiger partial charge in [0, 0.05) is 42.7 Å². The molecule has 1 atom stereocenters. The van der Waals surface area contributed by atoms with Crippen LogP contribution >= 0.6 is 0 Å². The molecule has 2 aromatic heterocycles. The first-order chi connectivity index (χ1) is 23.1. The molecule has 0 radical (unpaired) electrons. The second-order valence-corrected chi connectivity index (χ2v) is 10.7. The van der Waals surface area contributed by atoms with E-state index >= 15 is 0 Å². The summed E-state index contributed by atoms with van der Waals surface area (Å²) in [5.41, 5.74) is 5.99. The molecule has 1 aliphatic rings. The Bertz CT molecular complexity index is 2170. The molecule has 6 rings (SSSR count). The maximum absolute atomic E-state index is 13.7. The van der Waals surface area contributed by atoms with E-state index in [4.69, 9.17) is 19.7 Å². The molecule has 3 heterocycles. The average Bonchev–Trinajstić information content (AvgIpc) is 3.50. The third-order valence-corrected chi connectivity index (χ3v) is 7.58. The molecule has 0 saturated carbocycles. The number of carbonyl (C=O) groups is 5. The second kappa shape index (κ2) is 13.1. The van der Waals surface area contributed by atoms with Crippen molar-refractivity contribution in [1.29, 1.82) is 0 Å². The van der Waals surface area contributed by atoms with Crippen LogP contribution in [0.3, 0.4) is 0 Å². The Balaban J connectivity index is 1.28. The van der Waals surface area contributed by atoms with Crippen LogP contribution in [0, 0.1) is 0 Å². The molecule has 1 fully saturated rings. The van der Waals surface area contributed by atoms with Gasteiger partial charge in [-0.2, -0.15) is 0 Å². The van der Waals surface area contributed by atoms with Gasteiger partial charge in [-0.25, -0.2) is 0 Å². The van der Waals surface area contributed by atoms with Crippen molar-refractivity contribution in [2.24, 2.45) is 5.73 Å². The van der Waals surface area contributed by atoms with Crippen LogP contribution in [0.4, 0.5) is 11.4 Å². The Morgan fingerprint density at radius 3 is 2.46 bits per heavy atom. The highest BCUT2D eigenvalue weighted by molar-refractivity contribution is 6.18. The van der Waals surface area contributed by atoms with Gasteiger partial charge in [0.15, 0.2) is 11.3 Å². The molecular weight excluding hydrogens is 622 g/mol. The quantitative estimate of drug-likeness (QED) is 0.177. The normalized spacial score (nSPS) is 13.6. The van der Waals surface area contributed by atoms with Gasteiger partial charge >= 0.3 is 5.97 Å². The van der Waals surface area contributed by atoms with Crippen molar-refractivity contribution < 1.29 is 38.0 Å². The first kappa shape index (κ1) is 31.6. The number of aromatic nitrogens is 2. The standard InChI is InChI=1S/C34H27N5O9/c1-19(40)47-31(26-10-5-13-39(34(26)45)22-7-4-6-21(17-22)38-14-15-46-18-28(38)41)33(44)36-20-11-12-25-27(16-20)48-37-29(25)30(42)23-8-2-3-9-24(23)32(35)43/h2-13,16-17,31H,14-15,18H2,1H3,(H2,35,43)(H,36,44). The summed E-state index contributed by atoms with van der Waals surface area (Å²) in [5, 5.41) is 6.80. The molecule has 48 heavy (non-hydrogen) atoms. The molecule has 14 heteroatoms. The van der Waals surface area contributed by atoms with Crippen molar-refractivity contribution in [3.63, 3.8) is 0 Å². The maximum atomic E-state index is 13.7. The lowest BCUT2D eigenvalue weighted by Crippen LogP contribution is -2.41. The SMILES string of the molecule is CC(=O)OC(C(=O)Nc1ccc2c(C(=O)c3ccccc3C(N)=O)noc2c1)c1cccn(-c2cccc(N3CCOCC3=O)c2)c1=O. The van der Waals surface area contributed by atoms with Crippen LogP contribution in [0.1, 0.15) is 45.0 Å². The van der Waals surface area contributed by atoms with E-state index in [1.54, 1.807) is 41.3 Å². The van der Waals surface area contributed by atoms with Gasteiger partial charge in [-0.3, -0.25) is 33.3 Å². The summed E-state index contributed by atoms with van der Waals surface area (Å²) in [4.78, 5) is 78.4. The Morgan fingerprint density at radius 2 is 1.71 bits per heavy atom. The van der Waals surface area contributed by atoms with Gasteiger partial charge in [0.1, 0.15) is 6.61 Å². The number of nitrogens with one attached hydrogen (secondary N) is 1. The first-order valence-electron chi connectivity index (χ1n) is 14.6. The number of nitrogens with zero attached hydrogens (tertiary/aromatic N) is 3. The van der Waals surface area contributed by atoms with Crippen LogP contribution in [0.2, 0.25) is 0 Å². The molecular formula is C34H27N5O9. The Morgan fingerprint density at radius 1 is 0.938 bits per heavy atom. The first-order valence-corrected chi connectivity index (χ1v) is 14.6. The third-order valence-electron chi connectivity index (χ3n) is 7.58. The summed E-state index contributed by atoms with van der Waals surface area (Å²) < 4.78 is 17.2. The highest BCUT2D eigenvalue weighted by Gasteiger charge is 2.29. The number of carbonyl (C=O) groups excluding carboxylic acids is 5. The van der Waals surface area contributed by atoms with E-state index < -0.39 is 35.2 Å². The lowest BCUT2D eigenvalue weighted by Gasteiger charge is -2.27. The fourth-order valence-corrected chi connectivity index (χ4v) is 5.35. The van der Waals surface area contributed by atoms with E-state index in [1.165, 1.54) is 53.2 Å². The van der Waals surface area contributed by atoms with Crippen LogP contribution in [-0.4, -0.2) is 59.0 Å². The summed E-state index contributed by atoms with van der Waals surface area (Å²) >= 11 is 0. The summed E-state index contributed by atoms with van der Waals surface area (Å²) in [7, 11) is 0. The molecule has 1 saturated heterocycles. The third kappa shape index (κ3) is 6.19. The largest absolute Gasteiger partial charge is 0.447 e. The summed E-state index contributed by atoms with van der Waals surface area (Å²) in [5.74, 6) is -3.22. The molecule has 0 spiro atoms. The molecule has 14 nitrogen and oxygen atoms in total. The van der Waals surface area contributed by atoms with E-state index in [0.717, 1.165) is 6.92 Å². The number of ketones is 1. The molecule has 0 aliphatic carbocycles. The van der Waals surface area contributed by atoms with Crippen molar-refractivity contribution in [2.75, 3.05) is 30.0 Å². The number of primary amides is 1. The fraction of sp³-hybridized carbons (Fsp3) is 0.147. The Hall–Kier alpha value is -6.41.